The van der Waals surface area contributed by atoms with Gasteiger partial charge in [-0.25, -0.2) is 0 Å². The number of unbranched alkanes of at least 4 members (excludes halogenated alkanes) is 41. The van der Waals surface area contributed by atoms with E-state index in [1.165, 1.54) is 250 Å². The monoisotopic (exact) mass is 1030 g/mol. The number of rotatable bonds is 55. The summed E-state index contributed by atoms with van der Waals surface area (Å²) in [6.45, 7) is 3.80. The third-order valence-corrected chi connectivity index (χ3v) is 15.2. The van der Waals surface area contributed by atoms with Crippen LogP contribution in [0.3, 0.4) is 0 Å². The van der Waals surface area contributed by atoms with Crippen molar-refractivity contribution in [2.24, 2.45) is 0 Å². The van der Waals surface area contributed by atoms with Crippen molar-refractivity contribution in [3.63, 3.8) is 0 Å². The zero-order valence-corrected chi connectivity index (χ0v) is 47.9. The smallest absolute Gasteiger partial charge is 0.220 e. The van der Waals surface area contributed by atoms with Gasteiger partial charge in [-0.1, -0.05) is 281 Å². The molecule has 0 aliphatic carbocycles. The van der Waals surface area contributed by atoms with Gasteiger partial charge < -0.3 is 40.3 Å². The van der Waals surface area contributed by atoms with Crippen molar-refractivity contribution in [2.45, 2.75) is 352 Å². The molecule has 0 spiro atoms. The highest BCUT2D eigenvalue weighted by molar-refractivity contribution is 5.76. The van der Waals surface area contributed by atoms with E-state index in [0.29, 0.717) is 6.42 Å². The molecular weight excluding hydrogens is 911 g/mol. The molecule has 1 aliphatic heterocycles. The molecule has 6 N–H and O–H groups in total. The fourth-order valence-electron chi connectivity index (χ4n) is 10.2. The fourth-order valence-corrected chi connectivity index (χ4v) is 10.2. The summed E-state index contributed by atoms with van der Waals surface area (Å²) in [5, 5.41) is 54.6. The first-order chi connectivity index (χ1) is 35.8. The van der Waals surface area contributed by atoms with Crippen molar-refractivity contribution in [3.8, 4) is 0 Å². The van der Waals surface area contributed by atoms with Gasteiger partial charge >= 0.3 is 0 Å². The average Bonchev–Trinajstić information content (AvgIpc) is 3.39. The molecule has 0 bridgehead atoms. The van der Waals surface area contributed by atoms with E-state index in [2.05, 4.69) is 43.5 Å². The number of hydrogen-bond donors (Lipinski definition) is 6. The third-order valence-electron chi connectivity index (χ3n) is 15.2. The maximum atomic E-state index is 13.1. The molecule has 0 saturated carbocycles. The van der Waals surface area contributed by atoms with Crippen LogP contribution in [-0.4, -0.2) is 87.5 Å². The van der Waals surface area contributed by atoms with Crippen LogP contribution >= 0.6 is 0 Å². The molecule has 430 valence electrons. The maximum absolute atomic E-state index is 13.1. The van der Waals surface area contributed by atoms with Crippen LogP contribution in [0.15, 0.2) is 36.5 Å². The fraction of sp³-hybridized carbons (Fsp3) is 0.891. The molecule has 7 unspecified atom stereocenters. The van der Waals surface area contributed by atoms with Crippen molar-refractivity contribution < 1.29 is 39.8 Å². The van der Waals surface area contributed by atoms with Gasteiger partial charge in [0.15, 0.2) is 6.29 Å². The van der Waals surface area contributed by atoms with Crippen LogP contribution in [0.4, 0.5) is 0 Å². The number of nitrogens with one attached hydrogen (secondary N) is 1. The first-order valence-electron chi connectivity index (χ1n) is 31.7. The quantitative estimate of drug-likeness (QED) is 0.0261. The summed E-state index contributed by atoms with van der Waals surface area (Å²) in [4.78, 5) is 13.1. The Morgan fingerprint density at radius 3 is 1.15 bits per heavy atom. The molecule has 1 saturated heterocycles. The summed E-state index contributed by atoms with van der Waals surface area (Å²) in [5.74, 6) is -0.182. The van der Waals surface area contributed by atoms with Crippen LogP contribution in [0.1, 0.15) is 309 Å². The predicted octanol–water partition coefficient (Wildman–Crippen LogP) is 16.3. The van der Waals surface area contributed by atoms with Gasteiger partial charge in [0.2, 0.25) is 5.91 Å². The minimum absolute atomic E-state index is 0.182. The number of carbonyl (C=O) groups excluding carboxylic acids is 1. The third kappa shape index (κ3) is 43.1. The van der Waals surface area contributed by atoms with Crippen molar-refractivity contribution in [2.75, 3.05) is 13.2 Å². The highest BCUT2D eigenvalue weighted by Gasteiger charge is 2.44. The van der Waals surface area contributed by atoms with Gasteiger partial charge in [0.05, 0.1) is 25.4 Å². The van der Waals surface area contributed by atoms with Crippen molar-refractivity contribution in [1.82, 2.24) is 5.32 Å². The number of hydrogen-bond acceptors (Lipinski definition) is 8. The second-order valence-corrected chi connectivity index (χ2v) is 22.2. The van der Waals surface area contributed by atoms with Gasteiger partial charge in [-0.2, -0.15) is 0 Å². The number of ether oxygens (including phenoxy) is 2. The van der Waals surface area contributed by atoms with Crippen molar-refractivity contribution >= 4 is 5.91 Å². The first kappa shape index (κ1) is 69.4. The number of carbonyl (C=O) groups is 1. The number of aliphatic hydroxyl groups excluding tert-OH is 5. The highest BCUT2D eigenvalue weighted by atomic mass is 16.7. The first-order valence-corrected chi connectivity index (χ1v) is 31.7. The van der Waals surface area contributed by atoms with Gasteiger partial charge in [-0.15, -0.1) is 0 Å². The van der Waals surface area contributed by atoms with Crippen LogP contribution in [0, 0.1) is 0 Å². The van der Waals surface area contributed by atoms with Crippen LogP contribution in [0.5, 0.6) is 0 Å². The van der Waals surface area contributed by atoms with E-state index in [0.717, 1.165) is 38.5 Å². The van der Waals surface area contributed by atoms with Crippen LogP contribution < -0.4 is 5.32 Å². The molecule has 73 heavy (non-hydrogen) atoms. The molecule has 1 amide bonds. The second kappa shape index (κ2) is 53.8. The van der Waals surface area contributed by atoms with Gasteiger partial charge in [0, 0.05) is 6.42 Å². The molecule has 0 aromatic carbocycles. The standard InChI is InChI=1S/C64H121NO8/c1-3-5-7-9-11-13-15-17-19-21-23-24-25-26-27-28-29-30-31-32-33-34-36-38-40-42-44-46-48-50-52-54-60(68)65-57(56-72-64-63(71)62(70)61(69)59(55-66)73-64)58(67)53-51-49-47-45-43-41-39-37-35-22-20-18-16-14-12-10-8-6-4-2/h26-27,43,45,51,53,57-59,61-64,66-67,69-71H,3-25,28-42,44,46-50,52,54-56H2,1-2H3,(H,65,68)/b27-26-,45-43+,53-51+. The Morgan fingerprint density at radius 2 is 0.781 bits per heavy atom. The van der Waals surface area contributed by atoms with Gasteiger partial charge in [-0.05, 0) is 57.8 Å². The van der Waals surface area contributed by atoms with E-state index >= 15 is 0 Å². The van der Waals surface area contributed by atoms with E-state index in [1.54, 1.807) is 6.08 Å². The number of allylic oxidation sites excluding steroid dienone is 5. The zero-order chi connectivity index (χ0) is 52.9. The van der Waals surface area contributed by atoms with E-state index in [4.69, 9.17) is 9.47 Å². The molecule has 9 heteroatoms. The summed E-state index contributed by atoms with van der Waals surface area (Å²) in [5.41, 5.74) is 0. The molecule has 1 aliphatic rings. The van der Waals surface area contributed by atoms with E-state index in [-0.39, 0.29) is 12.5 Å². The summed E-state index contributed by atoms with van der Waals surface area (Å²) in [6, 6.07) is -0.821. The summed E-state index contributed by atoms with van der Waals surface area (Å²) in [7, 11) is 0. The van der Waals surface area contributed by atoms with Crippen molar-refractivity contribution in [1.29, 1.82) is 0 Å². The van der Waals surface area contributed by atoms with E-state index < -0.39 is 49.5 Å². The Hall–Kier alpha value is -1.59. The van der Waals surface area contributed by atoms with Crippen LogP contribution in [0.25, 0.3) is 0 Å². The lowest BCUT2D eigenvalue weighted by atomic mass is 9.99. The highest BCUT2D eigenvalue weighted by Crippen LogP contribution is 2.23. The van der Waals surface area contributed by atoms with Crippen LogP contribution in [0.2, 0.25) is 0 Å². The summed E-state index contributed by atoms with van der Waals surface area (Å²) < 4.78 is 11.3. The zero-order valence-electron chi connectivity index (χ0n) is 47.9. The molecule has 7 atom stereocenters. The van der Waals surface area contributed by atoms with Crippen LogP contribution in [-0.2, 0) is 14.3 Å². The largest absolute Gasteiger partial charge is 0.394 e. The molecule has 0 aromatic rings. The minimum Gasteiger partial charge on any atom is -0.394 e. The maximum Gasteiger partial charge on any atom is 0.220 e. The second-order valence-electron chi connectivity index (χ2n) is 22.2. The minimum atomic E-state index is -1.57. The van der Waals surface area contributed by atoms with Gasteiger partial charge in [0.25, 0.3) is 0 Å². The Kier molecular flexibility index (Phi) is 51.2. The molecule has 1 heterocycles. The summed E-state index contributed by atoms with van der Waals surface area (Å²) >= 11 is 0. The number of amides is 1. The van der Waals surface area contributed by atoms with Crippen molar-refractivity contribution in [3.05, 3.63) is 36.5 Å². The molecular formula is C64H121NO8. The lowest BCUT2D eigenvalue weighted by molar-refractivity contribution is -0.302. The predicted molar refractivity (Wildman–Crippen MR) is 309 cm³/mol. The molecule has 0 aromatic heterocycles. The van der Waals surface area contributed by atoms with E-state index in [1.807, 2.05) is 6.08 Å². The van der Waals surface area contributed by atoms with E-state index in [9.17, 15) is 30.3 Å². The van der Waals surface area contributed by atoms with Gasteiger partial charge in [-0.3, -0.25) is 4.79 Å². The topological polar surface area (TPSA) is 149 Å². The normalized spacial score (nSPS) is 19.2. The average molecular weight is 1030 g/mol. The lowest BCUT2D eigenvalue weighted by Gasteiger charge is -2.40. The Balaban J connectivity index is 2.16. The molecule has 9 nitrogen and oxygen atoms in total. The number of aliphatic hydroxyl groups is 5. The molecule has 1 rings (SSSR count). The molecule has 0 radical (unpaired) electrons. The van der Waals surface area contributed by atoms with Gasteiger partial charge in [0.1, 0.15) is 24.4 Å². The Labute approximate surface area is 451 Å². The SMILES string of the molecule is CCCCCCCCCCCCCC/C=C\CCCCCCCCCCCCCCCCCC(=O)NC(COC1OC(CO)C(O)C(O)C1O)C(O)/C=C/CC/C=C/CCCCCCCCCCCCCCC. The Bertz CT molecular complexity index is 1240. The summed E-state index contributed by atoms with van der Waals surface area (Å²) in [6.07, 6.45) is 63.8. The molecule has 1 fully saturated rings. The lowest BCUT2D eigenvalue weighted by Crippen LogP contribution is -2.60. The Morgan fingerprint density at radius 1 is 0.452 bits per heavy atom.